The number of hydrogen-bond donors (Lipinski definition) is 4. The molecule has 4 N–H and O–H groups in total. The Hall–Kier alpha value is -3.99. The zero-order valence-corrected chi connectivity index (χ0v) is 18.7. The first kappa shape index (κ1) is 20.9. The van der Waals surface area contributed by atoms with Crippen LogP contribution < -0.4 is 20.1 Å². The summed E-state index contributed by atoms with van der Waals surface area (Å²) < 4.78 is 17.8. The summed E-state index contributed by atoms with van der Waals surface area (Å²) in [4.78, 5) is 12.3. The number of aryl methyl sites for hydroxylation is 1. The molecule has 2 atom stereocenters. The number of H-pyrrole nitrogens is 1. The predicted octanol–water partition coefficient (Wildman–Crippen LogP) is 2.75. The third-order valence-corrected chi connectivity index (χ3v) is 5.66. The van der Waals surface area contributed by atoms with Gasteiger partial charge < -0.3 is 34.6 Å². The number of rotatable bonds is 7. The molecular formula is C22H25N7O4. The molecule has 11 heteroatoms. The highest BCUT2D eigenvalue weighted by Gasteiger charge is 2.32. The Balaban J connectivity index is 1.68. The van der Waals surface area contributed by atoms with Gasteiger partial charge in [0.1, 0.15) is 23.5 Å². The van der Waals surface area contributed by atoms with Gasteiger partial charge in [0.05, 0.1) is 48.3 Å². The third-order valence-electron chi connectivity index (χ3n) is 5.66. The minimum atomic E-state index is -1.02. The lowest BCUT2D eigenvalue weighted by atomic mass is 10.0. The number of aromatic amines is 1. The summed E-state index contributed by atoms with van der Waals surface area (Å²) in [5.41, 5.74) is 4.74. The van der Waals surface area contributed by atoms with Crippen molar-refractivity contribution in [2.75, 3.05) is 19.5 Å². The Labute approximate surface area is 189 Å². The molecule has 1 unspecified atom stereocenters. The van der Waals surface area contributed by atoms with E-state index in [1.165, 1.54) is 6.39 Å². The lowest BCUT2D eigenvalue weighted by Gasteiger charge is -2.27. The smallest absolute Gasteiger partial charge is 0.180 e. The summed E-state index contributed by atoms with van der Waals surface area (Å²) in [6.45, 7) is 4.66. The van der Waals surface area contributed by atoms with Gasteiger partial charge in [0, 0.05) is 24.9 Å². The first-order valence-corrected chi connectivity index (χ1v) is 10.6. The number of ether oxygens (including phenoxy) is 2. The van der Waals surface area contributed by atoms with Crippen molar-refractivity contribution in [2.24, 2.45) is 0 Å². The zero-order valence-electron chi connectivity index (χ0n) is 18.7. The second kappa shape index (κ2) is 8.17. The molecule has 0 spiro atoms. The van der Waals surface area contributed by atoms with E-state index in [1.807, 2.05) is 30.8 Å². The summed E-state index contributed by atoms with van der Waals surface area (Å²) in [5, 5.41) is 22.4. The molecule has 0 saturated carbocycles. The molecule has 172 valence electrons. The van der Waals surface area contributed by atoms with Crippen LogP contribution in [0.1, 0.15) is 37.1 Å². The lowest BCUT2D eigenvalue weighted by Crippen LogP contribution is -2.31. The zero-order chi connectivity index (χ0) is 23.1. The van der Waals surface area contributed by atoms with Crippen LogP contribution in [0.3, 0.4) is 0 Å². The maximum absolute atomic E-state index is 11.1. The third kappa shape index (κ3) is 3.55. The molecule has 0 aliphatic carbocycles. The van der Waals surface area contributed by atoms with Crippen LogP contribution in [-0.2, 0) is 6.54 Å². The maximum Gasteiger partial charge on any atom is 0.180 e. The van der Waals surface area contributed by atoms with Gasteiger partial charge in [-0.15, -0.1) is 0 Å². The molecule has 0 fully saturated rings. The molecule has 33 heavy (non-hydrogen) atoms. The number of methoxy groups -OCH3 is 2. The standard InChI is InChI=1S/C22H25N7O4/c1-5-29-8-14-19(28-29)20(24-11(2)15-9-33-10-23-15)18(22(30)27-14)21-25-12-6-16(31-3)17(32-4)7-13(12)26-21/h6-11,22,24,27,30H,5H2,1-4H3,(H,25,26)/t11-,22?/m1/s1. The van der Waals surface area contributed by atoms with Crippen LogP contribution in [0.4, 0.5) is 5.69 Å². The Kier molecular flexibility index (Phi) is 5.17. The largest absolute Gasteiger partial charge is 0.493 e. The summed E-state index contributed by atoms with van der Waals surface area (Å²) in [5.74, 6) is 1.65. The second-order valence-electron chi connectivity index (χ2n) is 7.67. The van der Waals surface area contributed by atoms with E-state index >= 15 is 0 Å². The number of benzene rings is 1. The fourth-order valence-electron chi connectivity index (χ4n) is 3.94. The minimum Gasteiger partial charge on any atom is -0.493 e. The highest BCUT2D eigenvalue weighted by atomic mass is 16.5. The number of hydrogen-bond acceptors (Lipinski definition) is 9. The summed E-state index contributed by atoms with van der Waals surface area (Å²) in [6.07, 6.45) is 3.81. The molecule has 0 saturated heterocycles. The molecule has 0 radical (unpaired) electrons. The first-order valence-electron chi connectivity index (χ1n) is 10.6. The number of oxazole rings is 1. The molecule has 0 bridgehead atoms. The predicted molar refractivity (Wildman–Crippen MR) is 122 cm³/mol. The molecule has 11 nitrogen and oxygen atoms in total. The van der Waals surface area contributed by atoms with Gasteiger partial charge in [0.15, 0.2) is 24.1 Å². The van der Waals surface area contributed by atoms with Crippen LogP contribution in [0, 0.1) is 0 Å². The normalized spacial score (nSPS) is 16.5. The molecule has 4 heterocycles. The SMILES string of the molecule is CCn1cc2c(n1)C(N[C@H](C)c1cocn1)=C(c1nc3cc(OC)c(OC)cc3[nH]1)C(O)N2. The van der Waals surface area contributed by atoms with E-state index in [0.717, 1.165) is 16.9 Å². The molecular weight excluding hydrogens is 426 g/mol. The number of anilines is 1. The van der Waals surface area contributed by atoms with E-state index in [4.69, 9.17) is 24.0 Å². The molecule has 5 rings (SSSR count). The Bertz CT molecular complexity index is 1280. The quantitative estimate of drug-likeness (QED) is 0.334. The number of nitrogens with zero attached hydrogens (tertiary/aromatic N) is 4. The van der Waals surface area contributed by atoms with Crippen molar-refractivity contribution >= 4 is 28.0 Å². The van der Waals surface area contributed by atoms with Crippen LogP contribution in [0.5, 0.6) is 11.5 Å². The molecule has 1 aliphatic heterocycles. The van der Waals surface area contributed by atoms with Gasteiger partial charge in [0.2, 0.25) is 0 Å². The summed E-state index contributed by atoms with van der Waals surface area (Å²) in [6, 6.07) is 3.40. The minimum absolute atomic E-state index is 0.205. The van der Waals surface area contributed by atoms with Crippen molar-refractivity contribution < 1.29 is 19.0 Å². The van der Waals surface area contributed by atoms with Gasteiger partial charge in [-0.2, -0.15) is 5.10 Å². The number of aromatic nitrogens is 5. The fraction of sp³-hybridized carbons (Fsp3) is 0.318. The summed E-state index contributed by atoms with van der Waals surface area (Å²) >= 11 is 0. The van der Waals surface area contributed by atoms with E-state index < -0.39 is 6.23 Å². The lowest BCUT2D eigenvalue weighted by molar-refractivity contribution is 0.259. The van der Waals surface area contributed by atoms with Gasteiger partial charge in [-0.3, -0.25) is 4.68 Å². The molecule has 3 aromatic heterocycles. The fourth-order valence-corrected chi connectivity index (χ4v) is 3.94. The van der Waals surface area contributed by atoms with Crippen molar-refractivity contribution in [2.45, 2.75) is 32.7 Å². The molecule has 1 aromatic carbocycles. The number of fused-ring (bicyclic) bond motifs is 2. The maximum atomic E-state index is 11.1. The average Bonchev–Trinajstić information content (AvgIpc) is 3.56. The number of aliphatic hydroxyl groups is 1. The Morgan fingerprint density at radius 1 is 1.27 bits per heavy atom. The van der Waals surface area contributed by atoms with Gasteiger partial charge >= 0.3 is 0 Å². The van der Waals surface area contributed by atoms with E-state index in [9.17, 15) is 5.11 Å². The van der Waals surface area contributed by atoms with Crippen molar-refractivity contribution in [1.82, 2.24) is 30.0 Å². The van der Waals surface area contributed by atoms with Crippen LogP contribution in [0.15, 0.2) is 35.4 Å². The van der Waals surface area contributed by atoms with E-state index in [0.29, 0.717) is 46.3 Å². The van der Waals surface area contributed by atoms with Crippen molar-refractivity contribution in [3.05, 3.63) is 48.2 Å². The number of imidazole rings is 1. The van der Waals surface area contributed by atoms with E-state index in [-0.39, 0.29) is 6.04 Å². The van der Waals surface area contributed by atoms with Gasteiger partial charge in [0.25, 0.3) is 0 Å². The van der Waals surface area contributed by atoms with Crippen LogP contribution in [-0.4, -0.2) is 50.3 Å². The first-order chi connectivity index (χ1) is 16.0. The van der Waals surface area contributed by atoms with E-state index in [2.05, 4.69) is 20.6 Å². The highest BCUT2D eigenvalue weighted by molar-refractivity contribution is 5.97. The van der Waals surface area contributed by atoms with E-state index in [1.54, 1.807) is 26.5 Å². The average molecular weight is 451 g/mol. The van der Waals surface area contributed by atoms with Crippen LogP contribution in [0.2, 0.25) is 0 Å². The van der Waals surface area contributed by atoms with Crippen molar-refractivity contribution in [1.29, 1.82) is 0 Å². The topological polar surface area (TPSA) is 135 Å². The molecule has 1 aliphatic rings. The highest BCUT2D eigenvalue weighted by Crippen LogP contribution is 2.38. The van der Waals surface area contributed by atoms with Crippen LogP contribution in [0.25, 0.3) is 22.3 Å². The van der Waals surface area contributed by atoms with Gasteiger partial charge in [-0.25, -0.2) is 9.97 Å². The molecule has 0 amide bonds. The van der Waals surface area contributed by atoms with Crippen molar-refractivity contribution in [3.8, 4) is 11.5 Å². The number of aliphatic hydroxyl groups excluding tert-OH is 1. The Morgan fingerprint density at radius 3 is 2.76 bits per heavy atom. The summed E-state index contributed by atoms with van der Waals surface area (Å²) in [7, 11) is 3.16. The molecule has 4 aromatic rings. The number of nitrogens with one attached hydrogen (secondary N) is 3. The second-order valence-corrected chi connectivity index (χ2v) is 7.67. The monoisotopic (exact) mass is 451 g/mol. The van der Waals surface area contributed by atoms with Gasteiger partial charge in [-0.1, -0.05) is 0 Å². The van der Waals surface area contributed by atoms with Crippen LogP contribution >= 0.6 is 0 Å². The van der Waals surface area contributed by atoms with Crippen molar-refractivity contribution in [3.63, 3.8) is 0 Å². The Morgan fingerprint density at radius 2 is 2.06 bits per heavy atom. The van der Waals surface area contributed by atoms with Gasteiger partial charge in [-0.05, 0) is 13.8 Å².